The Labute approximate surface area is 59.5 Å². The Morgan fingerprint density at radius 3 is 2.44 bits per heavy atom. The van der Waals surface area contributed by atoms with Crippen molar-refractivity contribution >= 4 is 18.3 Å². The van der Waals surface area contributed by atoms with Crippen LogP contribution in [0.25, 0.3) is 0 Å². The molecule has 0 unspecified atom stereocenters. The Balaban J connectivity index is 4.36. The third-order valence-electron chi connectivity index (χ3n) is 0.720. The van der Waals surface area contributed by atoms with E-state index in [1.165, 1.54) is 13.2 Å². The Kier molecular flexibility index (Phi) is 3.80. The van der Waals surface area contributed by atoms with Gasteiger partial charge in [0.1, 0.15) is 5.03 Å². The summed E-state index contributed by atoms with van der Waals surface area (Å²) in [5.74, 6) is 0.298. The van der Waals surface area contributed by atoms with Gasteiger partial charge in [-0.2, -0.15) is 0 Å². The first-order valence-corrected chi connectivity index (χ1v) is 2.67. The van der Waals surface area contributed by atoms with E-state index in [0.29, 0.717) is 10.9 Å². The van der Waals surface area contributed by atoms with Gasteiger partial charge < -0.3 is 4.74 Å². The number of nitrogens with zero attached hydrogens (tertiary/aromatic N) is 1. The first-order chi connectivity index (χ1) is 4.26. The minimum Gasteiger partial charge on any atom is -0.480 e. The molecule has 0 saturated carbocycles. The molecule has 3 heteroatoms. The highest BCUT2D eigenvalue weighted by atomic mass is 35.5. The van der Waals surface area contributed by atoms with E-state index in [1.54, 1.807) is 0 Å². The van der Waals surface area contributed by atoms with E-state index < -0.39 is 0 Å². The van der Waals surface area contributed by atoms with Crippen molar-refractivity contribution in [2.75, 3.05) is 7.11 Å². The lowest BCUT2D eigenvalue weighted by molar-refractivity contribution is 0.288. The van der Waals surface area contributed by atoms with Crippen molar-refractivity contribution < 1.29 is 4.74 Å². The third kappa shape index (κ3) is 2.33. The summed E-state index contributed by atoms with van der Waals surface area (Å²) in [6, 6.07) is 0. The van der Waals surface area contributed by atoms with Gasteiger partial charge in [-0.05, 0) is 12.8 Å². The molecule has 0 aromatic carbocycles. The molecule has 0 saturated heterocycles. The fourth-order valence-corrected chi connectivity index (χ4v) is 0.462. The normalized spacial score (nSPS) is 11.8. The molecule has 0 spiro atoms. The lowest BCUT2D eigenvalue weighted by Gasteiger charge is -1.97. The quantitative estimate of drug-likeness (QED) is 0.338. The van der Waals surface area contributed by atoms with Crippen LogP contribution < -0.4 is 0 Å². The molecule has 0 heterocycles. The minimum absolute atomic E-state index is 0.298. The predicted octanol–water partition coefficient (Wildman–Crippen LogP) is 1.93. The van der Waals surface area contributed by atoms with Crippen molar-refractivity contribution in [2.45, 2.75) is 0 Å². The van der Waals surface area contributed by atoms with E-state index in [9.17, 15) is 0 Å². The molecule has 0 aliphatic carbocycles. The maximum atomic E-state index is 5.53. The Morgan fingerprint density at radius 2 is 2.33 bits per heavy atom. The fourth-order valence-electron chi connectivity index (χ4n) is 0.325. The van der Waals surface area contributed by atoms with E-state index >= 15 is 0 Å². The average molecular weight is 146 g/mol. The van der Waals surface area contributed by atoms with Gasteiger partial charge in [0.2, 0.25) is 5.88 Å². The molecule has 0 bridgehead atoms. The van der Waals surface area contributed by atoms with Gasteiger partial charge in [-0.1, -0.05) is 18.2 Å². The predicted molar refractivity (Wildman–Crippen MR) is 39.6 cm³/mol. The molecular weight excluding hydrogens is 138 g/mol. The molecular formula is C6H8ClNO. The van der Waals surface area contributed by atoms with E-state index in [-0.39, 0.29) is 0 Å². The maximum absolute atomic E-state index is 5.53. The van der Waals surface area contributed by atoms with Gasteiger partial charge in [0.05, 0.1) is 7.11 Å². The zero-order valence-electron chi connectivity index (χ0n) is 5.22. The largest absolute Gasteiger partial charge is 0.480 e. The first-order valence-electron chi connectivity index (χ1n) is 2.29. The second-order valence-corrected chi connectivity index (χ2v) is 1.63. The summed E-state index contributed by atoms with van der Waals surface area (Å²) in [5, 5.41) is 0.368. The van der Waals surface area contributed by atoms with Crippen LogP contribution in [0.3, 0.4) is 0 Å². The Hall–Kier alpha value is -0.760. The van der Waals surface area contributed by atoms with Crippen LogP contribution in [-0.2, 0) is 4.74 Å². The van der Waals surface area contributed by atoms with E-state index in [1.807, 2.05) is 0 Å². The lowest BCUT2D eigenvalue weighted by atomic mass is 10.5. The Morgan fingerprint density at radius 1 is 1.78 bits per heavy atom. The number of methoxy groups -OCH3 is 1. The van der Waals surface area contributed by atoms with Crippen LogP contribution in [0.5, 0.6) is 0 Å². The van der Waals surface area contributed by atoms with Crippen LogP contribution >= 0.6 is 11.6 Å². The number of ether oxygens (including phenoxy) is 1. The van der Waals surface area contributed by atoms with Crippen LogP contribution in [-0.4, -0.2) is 13.8 Å². The smallest absolute Gasteiger partial charge is 0.231 e. The van der Waals surface area contributed by atoms with Crippen molar-refractivity contribution in [2.24, 2.45) is 4.99 Å². The van der Waals surface area contributed by atoms with Crippen molar-refractivity contribution in [1.29, 1.82) is 0 Å². The molecule has 0 rings (SSSR count). The first kappa shape index (κ1) is 8.24. The zero-order valence-corrected chi connectivity index (χ0v) is 5.98. The number of aliphatic imine (C=N–C) groups is 1. The highest BCUT2D eigenvalue weighted by molar-refractivity contribution is 6.31. The second kappa shape index (κ2) is 4.15. The molecule has 0 aliphatic rings. The molecule has 0 radical (unpaired) electrons. The summed E-state index contributed by atoms with van der Waals surface area (Å²) >= 11 is 5.53. The van der Waals surface area contributed by atoms with Gasteiger partial charge in [0, 0.05) is 0 Å². The fraction of sp³-hybridized carbons (Fsp3) is 0.167. The van der Waals surface area contributed by atoms with Gasteiger partial charge in [-0.15, -0.1) is 0 Å². The van der Waals surface area contributed by atoms with Gasteiger partial charge in [-0.25, -0.2) is 4.99 Å². The van der Waals surface area contributed by atoms with Crippen LogP contribution in [0.1, 0.15) is 0 Å². The molecule has 0 N–H and O–H groups in total. The summed E-state index contributed by atoms with van der Waals surface area (Å²) in [6.07, 6.45) is 1.44. The molecule has 0 fully saturated rings. The molecule has 0 aliphatic heterocycles. The summed E-state index contributed by atoms with van der Waals surface area (Å²) in [6.45, 7) is 6.66. The molecule has 0 atom stereocenters. The molecule has 2 nitrogen and oxygen atoms in total. The number of rotatable bonds is 3. The number of hydrogen-bond acceptors (Lipinski definition) is 2. The van der Waals surface area contributed by atoms with E-state index in [0.717, 1.165) is 0 Å². The van der Waals surface area contributed by atoms with Crippen LogP contribution in [0, 0.1) is 0 Å². The maximum Gasteiger partial charge on any atom is 0.231 e. The monoisotopic (exact) mass is 145 g/mol. The van der Waals surface area contributed by atoms with Crippen molar-refractivity contribution in [3.63, 3.8) is 0 Å². The molecule has 0 aromatic heterocycles. The molecule has 50 valence electrons. The minimum atomic E-state index is 0.298. The molecule has 0 amide bonds. The lowest BCUT2D eigenvalue weighted by Crippen LogP contribution is -1.82. The van der Waals surface area contributed by atoms with Crippen LogP contribution in [0.2, 0.25) is 0 Å². The third-order valence-corrected chi connectivity index (χ3v) is 1.04. The number of halogens is 1. The average Bonchev–Trinajstić information content (AvgIpc) is 1.90. The molecule has 9 heavy (non-hydrogen) atoms. The van der Waals surface area contributed by atoms with Crippen molar-refractivity contribution in [1.82, 2.24) is 0 Å². The number of hydrogen-bond donors (Lipinski definition) is 0. The molecule has 0 aromatic rings. The van der Waals surface area contributed by atoms with E-state index in [4.69, 9.17) is 16.3 Å². The van der Waals surface area contributed by atoms with Crippen molar-refractivity contribution in [3.05, 3.63) is 23.6 Å². The summed E-state index contributed by atoms with van der Waals surface area (Å²) in [7, 11) is 1.47. The van der Waals surface area contributed by atoms with Gasteiger partial charge in [0.15, 0.2) is 0 Å². The summed E-state index contributed by atoms with van der Waals surface area (Å²) < 4.78 is 4.70. The second-order valence-electron chi connectivity index (χ2n) is 1.22. The van der Waals surface area contributed by atoms with E-state index in [2.05, 4.69) is 18.3 Å². The SMILES string of the molecule is C=C/C(Cl)=C(\N=C)OC. The van der Waals surface area contributed by atoms with Gasteiger partial charge in [0.25, 0.3) is 0 Å². The Bertz CT molecular complexity index is 151. The van der Waals surface area contributed by atoms with Crippen molar-refractivity contribution in [3.8, 4) is 0 Å². The van der Waals surface area contributed by atoms with Crippen LogP contribution in [0.4, 0.5) is 0 Å². The van der Waals surface area contributed by atoms with Gasteiger partial charge >= 0.3 is 0 Å². The van der Waals surface area contributed by atoms with Crippen LogP contribution in [0.15, 0.2) is 28.6 Å². The number of allylic oxidation sites excluding steroid dienone is 2. The zero-order chi connectivity index (χ0) is 7.28. The summed E-state index contributed by atoms with van der Waals surface area (Å²) in [4.78, 5) is 3.48. The standard InChI is InChI=1S/C6H8ClNO/c1-4-5(7)6(8-2)9-3/h4H,1-2H2,3H3/b6-5-. The summed E-state index contributed by atoms with van der Waals surface area (Å²) in [5.41, 5.74) is 0. The van der Waals surface area contributed by atoms with Gasteiger partial charge in [-0.3, -0.25) is 0 Å². The topological polar surface area (TPSA) is 21.6 Å². The highest BCUT2D eigenvalue weighted by Gasteiger charge is 1.94. The highest BCUT2D eigenvalue weighted by Crippen LogP contribution is 2.10.